The van der Waals surface area contributed by atoms with E-state index in [-0.39, 0.29) is 25.7 Å². The number of phosphoric ester groups is 2. The summed E-state index contributed by atoms with van der Waals surface area (Å²) in [5.74, 6) is -1.44. The SMILES string of the molecule is CCCCCCCCCCCCCCCCCCCCCCC(=O)O[C@H](COC(=O)CCCCCCCCCCCCCCCCCCC)COP(=O)(O)OC[C@@H](O)COP(=O)(O)OC[C@@H](COC(=O)CCCCCCCCC(C)C)OC(=O)CCCCCCCCCCCC. The number of hydrogen-bond donors (Lipinski definition) is 3. The number of carbonyl (C=O) groups excluding carboxylic acids is 4. The number of aliphatic hydroxyl groups is 1. The molecular weight excluding hydrogens is 1260 g/mol. The predicted octanol–water partition coefficient (Wildman–Crippen LogP) is 22.9. The van der Waals surface area contributed by atoms with Crippen LogP contribution in [0.15, 0.2) is 0 Å². The molecule has 0 aromatic heterocycles. The van der Waals surface area contributed by atoms with Crippen LogP contribution in [-0.4, -0.2) is 96.7 Å². The lowest BCUT2D eigenvalue weighted by atomic mass is 10.0. The zero-order valence-electron chi connectivity index (χ0n) is 62.5. The van der Waals surface area contributed by atoms with Crippen molar-refractivity contribution in [3.05, 3.63) is 0 Å². The van der Waals surface area contributed by atoms with Crippen molar-refractivity contribution in [2.75, 3.05) is 39.6 Å². The van der Waals surface area contributed by atoms with Crippen molar-refractivity contribution < 1.29 is 80.2 Å². The molecule has 3 N–H and O–H groups in total. The van der Waals surface area contributed by atoms with Gasteiger partial charge in [-0.2, -0.15) is 0 Å². The highest BCUT2D eigenvalue weighted by molar-refractivity contribution is 7.47. The van der Waals surface area contributed by atoms with Gasteiger partial charge in [-0.25, -0.2) is 9.13 Å². The Labute approximate surface area is 588 Å². The highest BCUT2D eigenvalue weighted by atomic mass is 31.2. The number of rotatable bonds is 77. The van der Waals surface area contributed by atoms with Crippen molar-refractivity contribution in [2.24, 2.45) is 5.92 Å². The number of hydrogen-bond acceptors (Lipinski definition) is 15. The van der Waals surface area contributed by atoms with Gasteiger partial charge in [0.2, 0.25) is 0 Å². The monoisotopic (exact) mass is 1410 g/mol. The van der Waals surface area contributed by atoms with Gasteiger partial charge >= 0.3 is 39.5 Å². The first-order chi connectivity index (χ1) is 46.5. The van der Waals surface area contributed by atoms with Gasteiger partial charge in [0.05, 0.1) is 26.4 Å². The summed E-state index contributed by atoms with van der Waals surface area (Å²) in [6.45, 7) is 7.20. The van der Waals surface area contributed by atoms with Gasteiger partial charge in [0.1, 0.15) is 19.3 Å². The second kappa shape index (κ2) is 70.1. The molecule has 0 radical (unpaired) electrons. The van der Waals surface area contributed by atoms with E-state index in [2.05, 4.69) is 34.6 Å². The minimum Gasteiger partial charge on any atom is -0.462 e. The molecule has 0 aliphatic carbocycles. The Morgan fingerprint density at radius 2 is 0.479 bits per heavy atom. The molecule has 0 fully saturated rings. The van der Waals surface area contributed by atoms with Crippen molar-refractivity contribution in [1.82, 2.24) is 0 Å². The van der Waals surface area contributed by atoms with E-state index >= 15 is 0 Å². The molecule has 0 bridgehead atoms. The van der Waals surface area contributed by atoms with Crippen LogP contribution in [0.5, 0.6) is 0 Å². The third-order valence-corrected chi connectivity index (χ3v) is 19.9. The lowest BCUT2D eigenvalue weighted by molar-refractivity contribution is -0.161. The smallest absolute Gasteiger partial charge is 0.462 e. The fraction of sp³-hybridized carbons (Fsp3) is 0.948. The van der Waals surface area contributed by atoms with Crippen molar-refractivity contribution in [1.29, 1.82) is 0 Å². The molecule has 0 aromatic carbocycles. The van der Waals surface area contributed by atoms with Gasteiger partial charge in [0.25, 0.3) is 0 Å². The van der Waals surface area contributed by atoms with Crippen LogP contribution in [0.1, 0.15) is 407 Å². The average molecular weight is 1410 g/mol. The van der Waals surface area contributed by atoms with Crippen LogP contribution in [0.3, 0.4) is 0 Å². The summed E-state index contributed by atoms with van der Waals surface area (Å²) in [6, 6.07) is 0. The van der Waals surface area contributed by atoms with Crippen LogP contribution in [-0.2, 0) is 65.4 Å². The molecular formula is C77H150O17P2. The van der Waals surface area contributed by atoms with Crippen LogP contribution >= 0.6 is 15.6 Å². The standard InChI is InChI=1S/C77H150O17P2/c1-6-9-12-15-18-21-24-26-28-30-31-32-34-36-38-40-43-46-53-58-63-77(82)93-72(66-87-74(79)60-55-50-44-42-39-37-35-33-29-27-25-22-19-16-13-10-7-2)68-91-95(83,84)89-64-71(78)65-90-96(85,86)92-69-73(67-88-75(80)61-56-51-48-47-49-54-59-70(4)5)94-76(81)62-57-52-45-41-23-20-17-14-11-8-3/h70-73,78H,6-69H2,1-5H3,(H,83,84)(H,85,86)/t71-,72-,73-/m1/s1. The van der Waals surface area contributed by atoms with E-state index in [9.17, 15) is 43.2 Å². The van der Waals surface area contributed by atoms with E-state index in [1.165, 1.54) is 225 Å². The van der Waals surface area contributed by atoms with Crippen LogP contribution in [0.4, 0.5) is 0 Å². The van der Waals surface area contributed by atoms with Crippen LogP contribution < -0.4 is 0 Å². The molecule has 2 unspecified atom stereocenters. The van der Waals surface area contributed by atoms with Gasteiger partial charge in [-0.3, -0.25) is 37.3 Å². The Hall–Kier alpha value is -1.94. The second-order valence-electron chi connectivity index (χ2n) is 28.2. The first kappa shape index (κ1) is 94.1. The molecule has 0 aliphatic heterocycles. The first-order valence-corrected chi connectivity index (χ1v) is 43.1. The number of unbranched alkanes of at least 4 members (excludes halogenated alkanes) is 49. The van der Waals surface area contributed by atoms with Crippen molar-refractivity contribution in [3.8, 4) is 0 Å². The summed E-state index contributed by atoms with van der Waals surface area (Å²) in [5.41, 5.74) is 0. The molecule has 17 nitrogen and oxygen atoms in total. The lowest BCUT2D eigenvalue weighted by Gasteiger charge is -2.21. The van der Waals surface area contributed by atoms with Gasteiger partial charge in [0.15, 0.2) is 12.2 Å². The van der Waals surface area contributed by atoms with Crippen molar-refractivity contribution in [3.63, 3.8) is 0 Å². The molecule has 0 aliphatic rings. The predicted molar refractivity (Wildman–Crippen MR) is 391 cm³/mol. The normalized spacial score (nSPS) is 13.9. The summed E-state index contributed by atoms with van der Waals surface area (Å²) in [4.78, 5) is 72.7. The van der Waals surface area contributed by atoms with Crippen LogP contribution in [0, 0.1) is 5.92 Å². The summed E-state index contributed by atoms with van der Waals surface area (Å²) >= 11 is 0. The molecule has 96 heavy (non-hydrogen) atoms. The highest BCUT2D eigenvalue weighted by Gasteiger charge is 2.30. The average Bonchev–Trinajstić information content (AvgIpc) is 1.70. The van der Waals surface area contributed by atoms with Gasteiger partial charge in [0, 0.05) is 25.7 Å². The van der Waals surface area contributed by atoms with Gasteiger partial charge < -0.3 is 33.8 Å². The third kappa shape index (κ3) is 70.5. The molecule has 19 heteroatoms. The Kier molecular flexibility index (Phi) is 68.7. The summed E-state index contributed by atoms with van der Waals surface area (Å²) in [6.07, 6.45) is 59.9. The number of esters is 4. The van der Waals surface area contributed by atoms with E-state index in [1.807, 2.05) is 0 Å². The number of phosphoric acid groups is 2. The summed E-state index contributed by atoms with van der Waals surface area (Å²) < 4.78 is 68.5. The number of carbonyl (C=O) groups is 4. The number of ether oxygens (including phenoxy) is 4. The van der Waals surface area contributed by atoms with E-state index < -0.39 is 97.5 Å². The second-order valence-corrected chi connectivity index (χ2v) is 31.1. The molecule has 0 heterocycles. The van der Waals surface area contributed by atoms with Crippen molar-refractivity contribution in [2.45, 2.75) is 425 Å². The fourth-order valence-electron chi connectivity index (χ4n) is 11.9. The molecule has 0 aromatic rings. The molecule has 5 atom stereocenters. The molecule has 0 amide bonds. The summed E-state index contributed by atoms with van der Waals surface area (Å²) in [7, 11) is -9.91. The maximum atomic E-state index is 13.1. The molecule has 0 saturated heterocycles. The Bertz CT molecular complexity index is 1840. The summed E-state index contributed by atoms with van der Waals surface area (Å²) in [5, 5.41) is 10.6. The van der Waals surface area contributed by atoms with Gasteiger partial charge in [-0.15, -0.1) is 0 Å². The minimum atomic E-state index is -4.96. The zero-order valence-corrected chi connectivity index (χ0v) is 64.3. The van der Waals surface area contributed by atoms with E-state index in [1.54, 1.807) is 0 Å². The quantitative estimate of drug-likeness (QED) is 0.0222. The molecule has 0 rings (SSSR count). The molecule has 0 spiro atoms. The maximum absolute atomic E-state index is 13.1. The Morgan fingerprint density at radius 3 is 0.708 bits per heavy atom. The van der Waals surface area contributed by atoms with Crippen LogP contribution in [0.25, 0.3) is 0 Å². The van der Waals surface area contributed by atoms with E-state index in [0.717, 1.165) is 96.3 Å². The maximum Gasteiger partial charge on any atom is 0.472 e. The Balaban J connectivity index is 5.19. The lowest BCUT2D eigenvalue weighted by Crippen LogP contribution is -2.30. The highest BCUT2D eigenvalue weighted by Crippen LogP contribution is 2.45. The topological polar surface area (TPSA) is 237 Å². The Morgan fingerprint density at radius 1 is 0.281 bits per heavy atom. The molecule has 570 valence electrons. The van der Waals surface area contributed by atoms with E-state index in [0.29, 0.717) is 31.6 Å². The zero-order chi connectivity index (χ0) is 70.5. The van der Waals surface area contributed by atoms with Crippen molar-refractivity contribution >= 4 is 39.5 Å². The van der Waals surface area contributed by atoms with Crippen LogP contribution in [0.2, 0.25) is 0 Å². The molecule has 0 saturated carbocycles. The van der Waals surface area contributed by atoms with E-state index in [4.69, 9.17) is 37.0 Å². The first-order valence-electron chi connectivity index (χ1n) is 40.1. The van der Waals surface area contributed by atoms with Gasteiger partial charge in [-0.05, 0) is 31.6 Å². The fourth-order valence-corrected chi connectivity index (χ4v) is 13.5. The number of aliphatic hydroxyl groups excluding tert-OH is 1. The third-order valence-electron chi connectivity index (χ3n) is 18.0. The minimum absolute atomic E-state index is 0.106. The van der Waals surface area contributed by atoms with Gasteiger partial charge in [-0.1, -0.05) is 356 Å². The largest absolute Gasteiger partial charge is 0.472 e.